The van der Waals surface area contributed by atoms with E-state index in [0.29, 0.717) is 0 Å². The molecule has 0 aliphatic rings. The van der Waals surface area contributed by atoms with Gasteiger partial charge in [-0.15, -0.1) is 13.2 Å². The smallest absolute Gasteiger partial charge is 0.485 e. The fraction of sp³-hybridized carbons (Fsp3) is 0.308. The molecule has 0 aliphatic heterocycles. The van der Waals surface area contributed by atoms with Gasteiger partial charge >= 0.3 is 12.3 Å². The first kappa shape index (κ1) is 15.9. The second-order valence-electron chi connectivity index (χ2n) is 3.61. The molecule has 1 rings (SSSR count). The highest BCUT2D eigenvalue weighted by Crippen LogP contribution is 2.31. The van der Waals surface area contributed by atoms with Gasteiger partial charge in [-0.3, -0.25) is 0 Å². The van der Waals surface area contributed by atoms with Gasteiger partial charge in [-0.25, -0.2) is 4.79 Å². The van der Waals surface area contributed by atoms with Gasteiger partial charge in [0, 0.05) is 0 Å². The molecule has 1 aromatic rings. The van der Waals surface area contributed by atoms with Crippen molar-refractivity contribution in [2.75, 3.05) is 13.2 Å². The minimum Gasteiger partial charge on any atom is -0.485 e. The average Bonchev–Trinajstić information content (AvgIpc) is 2.35. The molecule has 4 nitrogen and oxygen atoms in total. The van der Waals surface area contributed by atoms with E-state index >= 15 is 0 Å². The first-order chi connectivity index (χ1) is 9.33. The Hall–Kier alpha value is -2.18. The SMILES string of the molecule is C=C(COc1ccccc1OC(F)(F)F)C(=O)OCC. The predicted octanol–water partition coefficient (Wildman–Crippen LogP) is 3.08. The normalized spacial score (nSPS) is 10.8. The van der Waals surface area contributed by atoms with Crippen LogP contribution >= 0.6 is 0 Å². The summed E-state index contributed by atoms with van der Waals surface area (Å²) in [6.07, 6.45) is -4.82. The molecule has 0 bridgehead atoms. The van der Waals surface area contributed by atoms with Crippen LogP contribution in [0, 0.1) is 0 Å². The third-order valence-corrected chi connectivity index (χ3v) is 2.04. The summed E-state index contributed by atoms with van der Waals surface area (Å²) in [5, 5.41) is 0. The molecule has 7 heteroatoms. The number of rotatable bonds is 6. The molecule has 20 heavy (non-hydrogen) atoms. The van der Waals surface area contributed by atoms with Crippen LogP contribution in [-0.2, 0) is 9.53 Å². The Morgan fingerprint density at radius 3 is 2.40 bits per heavy atom. The van der Waals surface area contributed by atoms with Crippen LogP contribution in [0.4, 0.5) is 13.2 Å². The van der Waals surface area contributed by atoms with E-state index in [-0.39, 0.29) is 24.5 Å². The Bertz CT molecular complexity index is 483. The Morgan fingerprint density at radius 2 is 1.85 bits per heavy atom. The van der Waals surface area contributed by atoms with E-state index < -0.39 is 18.1 Å². The highest BCUT2D eigenvalue weighted by molar-refractivity contribution is 5.88. The van der Waals surface area contributed by atoms with Crippen molar-refractivity contribution < 1.29 is 32.2 Å². The molecule has 0 saturated carbocycles. The number of carbonyl (C=O) groups is 1. The van der Waals surface area contributed by atoms with Crippen molar-refractivity contribution in [2.45, 2.75) is 13.3 Å². The van der Waals surface area contributed by atoms with Crippen LogP contribution in [-0.4, -0.2) is 25.5 Å². The summed E-state index contributed by atoms with van der Waals surface area (Å²) in [6, 6.07) is 5.25. The Balaban J connectivity index is 2.69. The van der Waals surface area contributed by atoms with Gasteiger partial charge in [0.05, 0.1) is 12.2 Å². The van der Waals surface area contributed by atoms with E-state index in [0.717, 1.165) is 6.07 Å². The number of carbonyl (C=O) groups excluding carboxylic acids is 1. The van der Waals surface area contributed by atoms with Crippen molar-refractivity contribution in [3.8, 4) is 11.5 Å². The van der Waals surface area contributed by atoms with Gasteiger partial charge in [0.1, 0.15) is 6.61 Å². The first-order valence-corrected chi connectivity index (χ1v) is 5.66. The number of para-hydroxylation sites is 2. The number of esters is 1. The van der Waals surface area contributed by atoms with Gasteiger partial charge in [0.15, 0.2) is 11.5 Å². The summed E-state index contributed by atoms with van der Waals surface area (Å²) in [4.78, 5) is 11.3. The molecule has 0 aliphatic carbocycles. The van der Waals surface area contributed by atoms with Crippen LogP contribution in [0.1, 0.15) is 6.92 Å². The highest BCUT2D eigenvalue weighted by Gasteiger charge is 2.32. The van der Waals surface area contributed by atoms with Crippen molar-refractivity contribution in [3.05, 3.63) is 36.4 Å². The van der Waals surface area contributed by atoms with Crippen molar-refractivity contribution in [2.24, 2.45) is 0 Å². The zero-order chi connectivity index (χ0) is 15.2. The average molecular weight is 290 g/mol. The molecule has 0 heterocycles. The van der Waals surface area contributed by atoms with E-state index in [4.69, 9.17) is 4.74 Å². The standard InChI is InChI=1S/C13H13F3O4/c1-3-18-12(17)9(2)8-19-10-6-4-5-7-11(10)20-13(14,15)16/h4-7H,2-3,8H2,1H3. The fourth-order valence-electron chi connectivity index (χ4n) is 1.24. The molecular weight excluding hydrogens is 277 g/mol. The molecule has 0 saturated heterocycles. The van der Waals surface area contributed by atoms with E-state index in [1.807, 2.05) is 0 Å². The number of hydrogen-bond donors (Lipinski definition) is 0. The minimum absolute atomic E-state index is 0.00587. The van der Waals surface area contributed by atoms with Crippen LogP contribution < -0.4 is 9.47 Å². The largest absolute Gasteiger partial charge is 0.573 e. The second-order valence-corrected chi connectivity index (χ2v) is 3.61. The number of hydrogen-bond acceptors (Lipinski definition) is 4. The molecule has 0 unspecified atom stereocenters. The Kier molecular flexibility index (Phi) is 5.42. The van der Waals surface area contributed by atoms with E-state index in [9.17, 15) is 18.0 Å². The second kappa shape index (κ2) is 6.83. The molecule has 0 spiro atoms. The predicted molar refractivity (Wildman–Crippen MR) is 64.4 cm³/mol. The molecule has 110 valence electrons. The van der Waals surface area contributed by atoms with Gasteiger partial charge in [0.25, 0.3) is 0 Å². The maximum Gasteiger partial charge on any atom is 0.573 e. The monoisotopic (exact) mass is 290 g/mol. The Labute approximate surface area is 113 Å². The van der Waals surface area contributed by atoms with Gasteiger partial charge in [-0.2, -0.15) is 0 Å². The first-order valence-electron chi connectivity index (χ1n) is 5.66. The van der Waals surface area contributed by atoms with Gasteiger partial charge < -0.3 is 14.2 Å². The lowest BCUT2D eigenvalue weighted by Gasteiger charge is -2.14. The lowest BCUT2D eigenvalue weighted by Crippen LogP contribution is -2.18. The van der Waals surface area contributed by atoms with E-state index in [1.54, 1.807) is 6.92 Å². The molecule has 0 atom stereocenters. The maximum atomic E-state index is 12.2. The van der Waals surface area contributed by atoms with E-state index in [2.05, 4.69) is 16.1 Å². The third-order valence-electron chi connectivity index (χ3n) is 2.04. The zero-order valence-corrected chi connectivity index (χ0v) is 10.7. The number of halogens is 3. The molecule has 0 radical (unpaired) electrons. The lowest BCUT2D eigenvalue weighted by atomic mass is 10.3. The quantitative estimate of drug-likeness (QED) is 0.596. The summed E-state index contributed by atoms with van der Waals surface area (Å²) in [5.41, 5.74) is -0.00587. The van der Waals surface area contributed by atoms with Crippen LogP contribution in [0.5, 0.6) is 11.5 Å². The molecule has 1 aromatic carbocycles. The molecule has 0 aromatic heterocycles. The summed E-state index contributed by atoms with van der Waals surface area (Å²) < 4.78 is 50.1. The highest BCUT2D eigenvalue weighted by atomic mass is 19.4. The lowest BCUT2D eigenvalue weighted by molar-refractivity contribution is -0.275. The summed E-state index contributed by atoms with van der Waals surface area (Å²) in [5.74, 6) is -1.30. The van der Waals surface area contributed by atoms with Gasteiger partial charge in [-0.1, -0.05) is 18.7 Å². The van der Waals surface area contributed by atoms with Crippen molar-refractivity contribution >= 4 is 5.97 Å². The molecule has 0 fully saturated rings. The van der Waals surface area contributed by atoms with E-state index in [1.165, 1.54) is 18.2 Å². The summed E-state index contributed by atoms with van der Waals surface area (Å²) in [7, 11) is 0. The van der Waals surface area contributed by atoms with Crippen molar-refractivity contribution in [1.29, 1.82) is 0 Å². The van der Waals surface area contributed by atoms with Crippen molar-refractivity contribution in [1.82, 2.24) is 0 Å². The molecule has 0 N–H and O–H groups in total. The topological polar surface area (TPSA) is 44.8 Å². The third kappa shape index (κ3) is 5.21. The Morgan fingerprint density at radius 1 is 1.25 bits per heavy atom. The number of ether oxygens (including phenoxy) is 3. The molecule has 0 amide bonds. The fourth-order valence-corrected chi connectivity index (χ4v) is 1.24. The van der Waals surface area contributed by atoms with Gasteiger partial charge in [-0.05, 0) is 19.1 Å². The van der Waals surface area contributed by atoms with Crippen molar-refractivity contribution in [3.63, 3.8) is 0 Å². The number of benzene rings is 1. The van der Waals surface area contributed by atoms with Crippen LogP contribution in [0.25, 0.3) is 0 Å². The number of alkyl halides is 3. The summed E-state index contributed by atoms with van der Waals surface area (Å²) >= 11 is 0. The van der Waals surface area contributed by atoms with Crippen LogP contribution in [0.3, 0.4) is 0 Å². The maximum absolute atomic E-state index is 12.2. The molecular formula is C13H13F3O4. The van der Waals surface area contributed by atoms with Crippen LogP contribution in [0.15, 0.2) is 36.4 Å². The summed E-state index contributed by atoms with van der Waals surface area (Å²) in [6.45, 7) is 4.93. The van der Waals surface area contributed by atoms with Crippen LogP contribution in [0.2, 0.25) is 0 Å². The zero-order valence-electron chi connectivity index (χ0n) is 10.7. The van der Waals surface area contributed by atoms with Gasteiger partial charge in [0.2, 0.25) is 0 Å². The minimum atomic E-state index is -4.82.